The second kappa shape index (κ2) is 10.0. The number of methoxy groups -OCH3 is 1. The predicted octanol–water partition coefficient (Wildman–Crippen LogP) is 4.38. The Hall–Kier alpha value is -4.00. The number of nitrogens with two attached hydrogens (primary N) is 1. The van der Waals surface area contributed by atoms with Crippen molar-refractivity contribution in [3.8, 4) is 11.8 Å². The Bertz CT molecular complexity index is 1490. The van der Waals surface area contributed by atoms with Crippen molar-refractivity contribution >= 4 is 39.5 Å². The number of nitrogens with zero attached hydrogens (tertiary/aromatic N) is 6. The van der Waals surface area contributed by atoms with E-state index in [-0.39, 0.29) is 12.5 Å². The molecule has 13 heteroatoms. The first kappa shape index (κ1) is 25.6. The van der Waals surface area contributed by atoms with E-state index in [0.717, 1.165) is 0 Å². The SMILES string of the molecule is COc1ncc(Nc2nccc3nc(OCc4ncco4)cnc23)cc1[C@@]1(C)N=C(N)S[C@](C)(CF)[C@H]1C. The van der Waals surface area contributed by atoms with Crippen LogP contribution in [0.5, 0.6) is 11.8 Å². The zero-order valence-corrected chi connectivity index (χ0v) is 22.1. The molecule has 1 aliphatic rings. The number of aliphatic imine (C=N–C) groups is 1. The van der Waals surface area contributed by atoms with Crippen LogP contribution in [0.15, 0.2) is 52.6 Å². The minimum atomic E-state index is -0.882. The number of amidine groups is 1. The van der Waals surface area contributed by atoms with Crippen LogP contribution in [0.3, 0.4) is 0 Å². The van der Waals surface area contributed by atoms with Crippen molar-refractivity contribution in [2.45, 2.75) is 37.7 Å². The van der Waals surface area contributed by atoms with E-state index in [9.17, 15) is 4.39 Å². The van der Waals surface area contributed by atoms with E-state index in [1.807, 2.05) is 26.8 Å². The maximum Gasteiger partial charge on any atom is 0.233 e. The molecular weight excluding hydrogens is 511 g/mol. The lowest BCUT2D eigenvalue weighted by Gasteiger charge is -2.46. The van der Waals surface area contributed by atoms with E-state index >= 15 is 0 Å². The molecule has 0 saturated carbocycles. The van der Waals surface area contributed by atoms with Crippen LogP contribution in [0.25, 0.3) is 11.0 Å². The molecule has 0 unspecified atom stereocenters. The minimum Gasteiger partial charge on any atom is -0.481 e. The molecule has 5 rings (SSSR count). The summed E-state index contributed by atoms with van der Waals surface area (Å²) in [6, 6.07) is 3.61. The standard InChI is InChI=1S/C25H27FN8O3S/c1-14-24(2,13-26)38-23(27)34-25(14,3)16-9-15(10-31-22(16)35-4)32-21-20-17(5-6-29-21)33-18(11-30-20)37-12-19-28-7-8-36-19/h5-11,14H,12-13H2,1-4H3,(H2,27,34)(H,29,32)/t14-,24-,25+/m1/s1. The van der Waals surface area contributed by atoms with Crippen molar-refractivity contribution in [1.29, 1.82) is 0 Å². The van der Waals surface area contributed by atoms with Gasteiger partial charge in [-0.2, -0.15) is 0 Å². The molecule has 4 aromatic rings. The molecule has 0 aromatic carbocycles. The van der Waals surface area contributed by atoms with Gasteiger partial charge in [-0.25, -0.2) is 29.3 Å². The zero-order valence-electron chi connectivity index (χ0n) is 21.3. The lowest BCUT2D eigenvalue weighted by atomic mass is 9.74. The molecule has 0 fully saturated rings. The number of aromatic nitrogens is 5. The lowest BCUT2D eigenvalue weighted by Crippen LogP contribution is -2.49. The van der Waals surface area contributed by atoms with Crippen molar-refractivity contribution in [3.05, 3.63) is 54.6 Å². The molecule has 0 bridgehead atoms. The van der Waals surface area contributed by atoms with E-state index in [1.165, 1.54) is 31.3 Å². The Morgan fingerprint density at radius 2 is 2.03 bits per heavy atom. The summed E-state index contributed by atoms with van der Waals surface area (Å²) in [5, 5.41) is 3.59. The van der Waals surface area contributed by atoms with E-state index in [2.05, 4.69) is 30.2 Å². The molecule has 11 nitrogen and oxygen atoms in total. The van der Waals surface area contributed by atoms with Gasteiger partial charge in [0.05, 0.1) is 47.2 Å². The van der Waals surface area contributed by atoms with E-state index in [4.69, 9.17) is 24.6 Å². The third-order valence-corrected chi connectivity index (χ3v) is 8.05. The fourth-order valence-corrected chi connectivity index (χ4v) is 5.61. The molecule has 198 valence electrons. The normalized spacial score (nSPS) is 23.2. The van der Waals surface area contributed by atoms with Crippen LogP contribution in [-0.4, -0.2) is 48.6 Å². The Kier molecular flexibility index (Phi) is 6.78. The highest BCUT2D eigenvalue weighted by molar-refractivity contribution is 8.15. The maximum absolute atomic E-state index is 14.2. The van der Waals surface area contributed by atoms with Crippen molar-refractivity contribution < 1.29 is 18.3 Å². The number of hydrogen-bond acceptors (Lipinski definition) is 12. The second-order valence-corrected chi connectivity index (χ2v) is 10.8. The Labute approximate surface area is 222 Å². The molecule has 0 amide bonds. The largest absolute Gasteiger partial charge is 0.481 e. The number of halogens is 1. The number of nitrogens with one attached hydrogen (secondary N) is 1. The van der Waals surface area contributed by atoms with Gasteiger partial charge in [-0.3, -0.25) is 4.99 Å². The number of hydrogen-bond donors (Lipinski definition) is 2. The summed E-state index contributed by atoms with van der Waals surface area (Å²) >= 11 is 1.25. The number of alkyl halides is 1. The lowest BCUT2D eigenvalue weighted by molar-refractivity contribution is 0.219. The van der Waals surface area contributed by atoms with Gasteiger partial charge in [0, 0.05) is 17.7 Å². The molecule has 38 heavy (non-hydrogen) atoms. The molecule has 4 aromatic heterocycles. The van der Waals surface area contributed by atoms with E-state index < -0.39 is 17.0 Å². The van der Waals surface area contributed by atoms with Gasteiger partial charge in [-0.05, 0) is 26.0 Å². The number of thioether (sulfide) groups is 1. The van der Waals surface area contributed by atoms with Crippen LogP contribution in [0.4, 0.5) is 15.9 Å². The topological polar surface area (TPSA) is 146 Å². The summed E-state index contributed by atoms with van der Waals surface area (Å²) in [5.74, 6) is 1.39. The van der Waals surface area contributed by atoms with Crippen LogP contribution in [0.1, 0.15) is 32.2 Å². The van der Waals surface area contributed by atoms with Gasteiger partial charge in [0.15, 0.2) is 17.6 Å². The molecular formula is C25H27FN8O3S. The van der Waals surface area contributed by atoms with Gasteiger partial charge in [0.1, 0.15) is 18.5 Å². The maximum atomic E-state index is 14.2. The third-order valence-electron chi connectivity index (χ3n) is 6.82. The number of fused-ring (bicyclic) bond motifs is 1. The van der Waals surface area contributed by atoms with Gasteiger partial charge >= 0.3 is 0 Å². The molecule has 0 spiro atoms. The first-order valence-electron chi connectivity index (χ1n) is 11.8. The van der Waals surface area contributed by atoms with Crippen molar-refractivity contribution in [2.75, 3.05) is 19.1 Å². The summed E-state index contributed by atoms with van der Waals surface area (Å²) in [7, 11) is 1.54. The van der Waals surface area contributed by atoms with E-state index in [0.29, 0.717) is 50.9 Å². The van der Waals surface area contributed by atoms with Crippen molar-refractivity contribution in [1.82, 2.24) is 24.9 Å². The average Bonchev–Trinajstić information content (AvgIpc) is 3.44. The van der Waals surface area contributed by atoms with E-state index in [1.54, 1.807) is 24.7 Å². The van der Waals surface area contributed by atoms with Gasteiger partial charge in [-0.15, -0.1) is 0 Å². The summed E-state index contributed by atoms with van der Waals surface area (Å²) in [6.45, 7) is 5.31. The fraction of sp³-hybridized carbons (Fsp3) is 0.360. The number of rotatable bonds is 8. The molecule has 3 atom stereocenters. The molecule has 5 heterocycles. The summed E-state index contributed by atoms with van der Waals surface area (Å²) < 4.78 is 29.8. The van der Waals surface area contributed by atoms with Crippen molar-refractivity contribution in [3.63, 3.8) is 0 Å². The molecule has 0 saturated heterocycles. The van der Waals surface area contributed by atoms with Crippen LogP contribution < -0.4 is 20.5 Å². The number of pyridine rings is 2. The van der Waals surface area contributed by atoms with Crippen LogP contribution in [0, 0.1) is 5.92 Å². The molecule has 0 aliphatic carbocycles. The molecule has 1 aliphatic heterocycles. The molecule has 3 N–H and O–H groups in total. The highest BCUT2D eigenvalue weighted by Gasteiger charge is 2.50. The van der Waals surface area contributed by atoms with Gasteiger partial charge in [0.2, 0.25) is 17.7 Å². The highest BCUT2D eigenvalue weighted by Crippen LogP contribution is 2.51. The highest BCUT2D eigenvalue weighted by atomic mass is 32.2. The average molecular weight is 539 g/mol. The first-order valence-corrected chi connectivity index (χ1v) is 12.6. The van der Waals surface area contributed by atoms with Crippen molar-refractivity contribution in [2.24, 2.45) is 16.6 Å². The smallest absolute Gasteiger partial charge is 0.233 e. The third kappa shape index (κ3) is 4.69. The van der Waals surface area contributed by atoms with Crippen LogP contribution in [-0.2, 0) is 12.1 Å². The number of oxazole rings is 1. The summed E-state index contributed by atoms with van der Waals surface area (Å²) in [4.78, 5) is 26.7. The fourth-order valence-electron chi connectivity index (χ4n) is 4.44. The van der Waals surface area contributed by atoms with Crippen LogP contribution in [0.2, 0.25) is 0 Å². The minimum absolute atomic E-state index is 0.133. The van der Waals surface area contributed by atoms with Crippen LogP contribution >= 0.6 is 11.8 Å². The van der Waals surface area contributed by atoms with Gasteiger partial charge in [0.25, 0.3) is 0 Å². The predicted molar refractivity (Wildman–Crippen MR) is 142 cm³/mol. The Morgan fingerprint density at radius 1 is 1.18 bits per heavy atom. The summed E-state index contributed by atoms with van der Waals surface area (Å²) in [6.07, 6.45) is 7.77. The van der Waals surface area contributed by atoms with Gasteiger partial charge in [-0.1, -0.05) is 18.7 Å². The summed E-state index contributed by atoms with van der Waals surface area (Å²) in [5.41, 5.74) is 7.69. The van der Waals surface area contributed by atoms with Gasteiger partial charge < -0.3 is 24.9 Å². The monoisotopic (exact) mass is 538 g/mol. The second-order valence-electron chi connectivity index (χ2n) is 9.22. The zero-order chi connectivity index (χ0) is 26.9. The Balaban J connectivity index is 1.47. The quantitative estimate of drug-likeness (QED) is 0.329. The molecule has 0 radical (unpaired) electrons. The number of anilines is 2. The first-order chi connectivity index (χ1) is 18.3. The number of ether oxygens (including phenoxy) is 2. The Morgan fingerprint density at radius 3 is 2.76 bits per heavy atom.